The fraction of sp³-hybridized carbons (Fsp3) is 1.00. The molecule has 0 aliphatic rings. The van der Waals surface area contributed by atoms with Gasteiger partial charge >= 0.3 is 0 Å². The van der Waals surface area contributed by atoms with Crippen LogP contribution in [0, 0.1) is 0 Å². The van der Waals surface area contributed by atoms with Crippen molar-refractivity contribution in [3.8, 4) is 0 Å². The third-order valence-corrected chi connectivity index (χ3v) is 3.35. The van der Waals surface area contributed by atoms with Gasteiger partial charge in [0, 0.05) is 13.7 Å². The van der Waals surface area contributed by atoms with Gasteiger partial charge in [0.1, 0.15) is 0 Å². The van der Waals surface area contributed by atoms with Crippen molar-refractivity contribution in [1.29, 1.82) is 0 Å². The Morgan fingerprint density at radius 3 is 1.88 bits per heavy atom. The van der Waals surface area contributed by atoms with Gasteiger partial charge in [0.2, 0.25) is 0 Å². The molecule has 0 N–H and O–H groups in total. The molecular weight excluding hydrogens is 210 g/mol. The van der Waals surface area contributed by atoms with Crippen LogP contribution in [0.25, 0.3) is 0 Å². The molecule has 0 aromatic heterocycles. The first-order valence-electron chi connectivity index (χ1n) is 7.56. The highest BCUT2D eigenvalue weighted by Crippen LogP contribution is 2.05. The average molecular weight is 243 g/mol. The van der Waals surface area contributed by atoms with Crippen LogP contribution in [-0.2, 0) is 4.74 Å². The van der Waals surface area contributed by atoms with Crippen LogP contribution in [0.5, 0.6) is 0 Å². The summed E-state index contributed by atoms with van der Waals surface area (Å²) in [5, 5.41) is 0. The van der Waals surface area contributed by atoms with Crippen molar-refractivity contribution >= 4 is 0 Å². The van der Waals surface area contributed by atoms with E-state index in [0.29, 0.717) is 0 Å². The molecule has 0 unspecified atom stereocenters. The Labute approximate surface area is 109 Å². The number of hydrogen-bond donors (Lipinski definition) is 0. The van der Waals surface area contributed by atoms with Crippen LogP contribution in [0.2, 0.25) is 0 Å². The normalized spacial score (nSPS) is 11.3. The molecule has 0 aliphatic carbocycles. The maximum atomic E-state index is 5.06. The molecule has 0 fully saturated rings. The highest BCUT2D eigenvalue weighted by Gasteiger charge is 2.01. The fourth-order valence-corrected chi connectivity index (χ4v) is 2.13. The lowest BCUT2D eigenvalue weighted by atomic mass is 10.1. The predicted octanol–water partition coefficient (Wildman–Crippen LogP) is 4.10. The molecule has 0 aromatic rings. The minimum Gasteiger partial charge on any atom is -0.385 e. The quantitative estimate of drug-likeness (QED) is 0.452. The third kappa shape index (κ3) is 12.2. The largest absolute Gasteiger partial charge is 0.385 e. The van der Waals surface area contributed by atoms with Crippen LogP contribution in [0.3, 0.4) is 0 Å². The van der Waals surface area contributed by atoms with E-state index in [-0.39, 0.29) is 0 Å². The number of methoxy groups -OCH3 is 1. The minimum atomic E-state index is 0.925. The molecule has 0 aromatic carbocycles. The second-order valence-electron chi connectivity index (χ2n) is 4.90. The molecule has 0 bridgehead atoms. The van der Waals surface area contributed by atoms with Crippen molar-refractivity contribution < 1.29 is 4.74 Å². The molecule has 2 nitrogen and oxygen atoms in total. The Hall–Kier alpha value is -0.0800. The molecular formula is C15H33NO. The lowest BCUT2D eigenvalue weighted by molar-refractivity contribution is 0.191. The number of ether oxygens (including phenoxy) is 1. The third-order valence-electron chi connectivity index (χ3n) is 3.35. The van der Waals surface area contributed by atoms with Crippen molar-refractivity contribution in [1.82, 2.24) is 4.90 Å². The van der Waals surface area contributed by atoms with E-state index >= 15 is 0 Å². The lowest BCUT2D eigenvalue weighted by Gasteiger charge is -2.20. The predicted molar refractivity (Wildman–Crippen MR) is 76.6 cm³/mol. The smallest absolute Gasteiger partial charge is 0.0462 e. The van der Waals surface area contributed by atoms with Crippen LogP contribution in [-0.4, -0.2) is 38.3 Å². The molecule has 0 radical (unpaired) electrons. The van der Waals surface area contributed by atoms with Gasteiger partial charge in [-0.25, -0.2) is 0 Å². The Morgan fingerprint density at radius 2 is 1.35 bits per heavy atom. The van der Waals surface area contributed by atoms with Crippen molar-refractivity contribution in [2.24, 2.45) is 0 Å². The summed E-state index contributed by atoms with van der Waals surface area (Å²) in [6, 6.07) is 0. The average Bonchev–Trinajstić information content (AvgIpc) is 2.36. The molecule has 0 saturated carbocycles. The van der Waals surface area contributed by atoms with E-state index in [9.17, 15) is 0 Å². The van der Waals surface area contributed by atoms with E-state index in [1.807, 2.05) is 0 Å². The number of unbranched alkanes of at least 4 members (excludes halogenated alkanes) is 6. The van der Waals surface area contributed by atoms with E-state index in [1.54, 1.807) is 7.11 Å². The van der Waals surface area contributed by atoms with E-state index < -0.39 is 0 Å². The highest BCUT2D eigenvalue weighted by atomic mass is 16.5. The van der Waals surface area contributed by atoms with Gasteiger partial charge in [0.25, 0.3) is 0 Å². The first-order valence-corrected chi connectivity index (χ1v) is 7.56. The van der Waals surface area contributed by atoms with Gasteiger partial charge in [-0.15, -0.1) is 0 Å². The van der Waals surface area contributed by atoms with E-state index in [2.05, 4.69) is 18.7 Å². The zero-order chi connectivity index (χ0) is 12.8. The molecule has 0 atom stereocenters. The fourth-order valence-electron chi connectivity index (χ4n) is 2.13. The van der Waals surface area contributed by atoms with Gasteiger partial charge in [-0.3, -0.25) is 0 Å². The van der Waals surface area contributed by atoms with Crippen LogP contribution in [0.15, 0.2) is 0 Å². The SMILES string of the molecule is CCCCCCN(CC)CCCCCCOC. The van der Waals surface area contributed by atoms with E-state index in [0.717, 1.165) is 6.61 Å². The van der Waals surface area contributed by atoms with Crippen LogP contribution in [0.4, 0.5) is 0 Å². The van der Waals surface area contributed by atoms with Gasteiger partial charge in [-0.2, -0.15) is 0 Å². The highest BCUT2D eigenvalue weighted by molar-refractivity contribution is 4.56. The molecule has 2 heteroatoms. The number of hydrogen-bond acceptors (Lipinski definition) is 2. The molecule has 0 amide bonds. The van der Waals surface area contributed by atoms with Crippen LogP contribution < -0.4 is 0 Å². The van der Waals surface area contributed by atoms with Gasteiger partial charge < -0.3 is 9.64 Å². The molecule has 104 valence electrons. The summed E-state index contributed by atoms with van der Waals surface area (Å²) in [6.45, 7) is 9.28. The van der Waals surface area contributed by atoms with Crippen LogP contribution >= 0.6 is 0 Å². The molecule has 0 rings (SSSR count). The second-order valence-corrected chi connectivity index (χ2v) is 4.90. The number of nitrogens with zero attached hydrogens (tertiary/aromatic N) is 1. The maximum Gasteiger partial charge on any atom is 0.0462 e. The number of rotatable bonds is 13. The van der Waals surface area contributed by atoms with E-state index in [1.165, 1.54) is 71.0 Å². The van der Waals surface area contributed by atoms with Gasteiger partial charge in [-0.1, -0.05) is 46.0 Å². The summed E-state index contributed by atoms with van der Waals surface area (Å²) in [5.74, 6) is 0. The maximum absolute atomic E-state index is 5.06. The molecule has 0 saturated heterocycles. The topological polar surface area (TPSA) is 12.5 Å². The van der Waals surface area contributed by atoms with Crippen molar-refractivity contribution in [3.63, 3.8) is 0 Å². The van der Waals surface area contributed by atoms with Crippen molar-refractivity contribution in [2.45, 2.75) is 65.2 Å². The lowest BCUT2D eigenvalue weighted by Crippen LogP contribution is -2.25. The monoisotopic (exact) mass is 243 g/mol. The van der Waals surface area contributed by atoms with E-state index in [4.69, 9.17) is 4.74 Å². The van der Waals surface area contributed by atoms with Crippen molar-refractivity contribution in [2.75, 3.05) is 33.4 Å². The Bertz CT molecular complexity index is 139. The Morgan fingerprint density at radius 1 is 0.765 bits per heavy atom. The zero-order valence-corrected chi connectivity index (χ0v) is 12.3. The summed E-state index contributed by atoms with van der Waals surface area (Å²) >= 11 is 0. The summed E-state index contributed by atoms with van der Waals surface area (Å²) < 4.78 is 5.06. The second kappa shape index (κ2) is 14.0. The Balaban J connectivity index is 3.28. The molecule has 0 aliphatic heterocycles. The molecule has 17 heavy (non-hydrogen) atoms. The summed E-state index contributed by atoms with van der Waals surface area (Å²) in [7, 11) is 1.79. The van der Waals surface area contributed by atoms with Gasteiger partial charge in [0.15, 0.2) is 0 Å². The summed E-state index contributed by atoms with van der Waals surface area (Å²) in [5.41, 5.74) is 0. The van der Waals surface area contributed by atoms with Crippen molar-refractivity contribution in [3.05, 3.63) is 0 Å². The Kier molecular flexibility index (Phi) is 13.9. The first kappa shape index (κ1) is 16.9. The van der Waals surface area contributed by atoms with Crippen LogP contribution in [0.1, 0.15) is 65.2 Å². The molecule has 0 spiro atoms. The molecule has 0 heterocycles. The standard InChI is InChI=1S/C15H33NO/c1-4-6-7-10-13-16(5-2)14-11-8-9-12-15-17-3/h4-15H2,1-3H3. The van der Waals surface area contributed by atoms with Gasteiger partial charge in [-0.05, 0) is 38.9 Å². The van der Waals surface area contributed by atoms with Gasteiger partial charge in [0.05, 0.1) is 0 Å². The minimum absolute atomic E-state index is 0.925. The summed E-state index contributed by atoms with van der Waals surface area (Å²) in [4.78, 5) is 2.60. The summed E-state index contributed by atoms with van der Waals surface area (Å²) in [6.07, 6.45) is 10.8. The zero-order valence-electron chi connectivity index (χ0n) is 12.3. The first-order chi connectivity index (χ1) is 8.35.